The zero-order valence-electron chi connectivity index (χ0n) is 19.2. The Bertz CT molecular complexity index is 1020. The van der Waals surface area contributed by atoms with Crippen LogP contribution in [0.3, 0.4) is 0 Å². The van der Waals surface area contributed by atoms with Gasteiger partial charge in [0.05, 0.1) is 18.7 Å². The van der Waals surface area contributed by atoms with E-state index in [9.17, 15) is 14.7 Å². The highest BCUT2D eigenvalue weighted by Crippen LogP contribution is 2.35. The first-order valence-corrected chi connectivity index (χ1v) is 11.6. The third-order valence-electron chi connectivity index (χ3n) is 6.05. The molecule has 2 aliphatic heterocycles. The van der Waals surface area contributed by atoms with Crippen molar-refractivity contribution in [2.45, 2.75) is 33.2 Å². The van der Waals surface area contributed by atoms with Crippen LogP contribution in [0.15, 0.2) is 54.5 Å². The maximum atomic E-state index is 13.5. The highest BCUT2D eigenvalue weighted by atomic mass is 16.5. The number of hydrogen-bond donors (Lipinski definition) is 1. The quantitative estimate of drug-likeness (QED) is 0.624. The summed E-state index contributed by atoms with van der Waals surface area (Å²) in [7, 11) is 0. The summed E-state index contributed by atoms with van der Waals surface area (Å²) in [5, 5.41) is 9.69. The van der Waals surface area contributed by atoms with E-state index in [2.05, 4.69) is 18.8 Å². The molecule has 0 spiro atoms. The molecule has 1 saturated heterocycles. The summed E-state index contributed by atoms with van der Waals surface area (Å²) in [4.78, 5) is 34.4. The molecule has 1 aromatic carbocycles. The number of rotatable bonds is 8. The van der Waals surface area contributed by atoms with Gasteiger partial charge in [-0.3, -0.25) is 19.5 Å². The molecule has 0 saturated carbocycles. The standard InChI is InChI=1S/C26H31N3O4/c1-18(2)17-33-22-7-5-21(6-8-22)23-24(28-13-3-4-20(14-28)16-30)26(32)29(25(23)31)15-19-9-11-27-12-10-19/h5-12,18,20,30H,3-4,13-17H2,1-2H3. The van der Waals surface area contributed by atoms with E-state index in [0.29, 0.717) is 42.4 Å². The number of likely N-dealkylation sites (tertiary alicyclic amines) is 1. The Labute approximate surface area is 194 Å². The first-order valence-electron chi connectivity index (χ1n) is 11.6. The van der Waals surface area contributed by atoms with Gasteiger partial charge in [-0.1, -0.05) is 26.0 Å². The Kier molecular flexibility index (Phi) is 7.08. The van der Waals surface area contributed by atoms with E-state index in [4.69, 9.17) is 4.74 Å². The average molecular weight is 450 g/mol. The molecule has 33 heavy (non-hydrogen) atoms. The second-order valence-electron chi connectivity index (χ2n) is 9.14. The number of aliphatic hydroxyl groups is 1. The Morgan fingerprint density at radius 3 is 2.48 bits per heavy atom. The van der Waals surface area contributed by atoms with E-state index in [1.807, 2.05) is 41.3 Å². The first-order chi connectivity index (χ1) is 16.0. The van der Waals surface area contributed by atoms with Crippen LogP contribution in [-0.4, -0.2) is 58.0 Å². The smallest absolute Gasteiger partial charge is 0.278 e. The van der Waals surface area contributed by atoms with Crippen LogP contribution in [0.1, 0.15) is 37.8 Å². The van der Waals surface area contributed by atoms with E-state index < -0.39 is 0 Å². The zero-order valence-corrected chi connectivity index (χ0v) is 19.2. The van der Waals surface area contributed by atoms with Crippen molar-refractivity contribution in [3.63, 3.8) is 0 Å². The van der Waals surface area contributed by atoms with Crippen LogP contribution >= 0.6 is 0 Å². The van der Waals surface area contributed by atoms with E-state index in [-0.39, 0.29) is 30.9 Å². The van der Waals surface area contributed by atoms with Gasteiger partial charge in [0.15, 0.2) is 0 Å². The van der Waals surface area contributed by atoms with Gasteiger partial charge >= 0.3 is 0 Å². The molecular formula is C26H31N3O4. The summed E-state index contributed by atoms with van der Waals surface area (Å²) in [6.45, 7) is 6.30. The topological polar surface area (TPSA) is 83.0 Å². The van der Waals surface area contributed by atoms with Crippen molar-refractivity contribution in [2.24, 2.45) is 11.8 Å². The number of pyridine rings is 1. The number of benzene rings is 1. The number of amides is 2. The Hall–Kier alpha value is -3.19. The molecule has 1 atom stereocenters. The molecule has 174 valence electrons. The monoisotopic (exact) mass is 449 g/mol. The minimum Gasteiger partial charge on any atom is -0.493 e. The van der Waals surface area contributed by atoms with E-state index >= 15 is 0 Å². The van der Waals surface area contributed by atoms with Crippen molar-refractivity contribution in [3.05, 3.63) is 65.6 Å². The van der Waals surface area contributed by atoms with Crippen molar-refractivity contribution in [3.8, 4) is 5.75 Å². The number of carbonyl (C=O) groups excluding carboxylic acids is 2. The number of carbonyl (C=O) groups is 2. The molecule has 1 N–H and O–H groups in total. The number of aromatic nitrogens is 1. The van der Waals surface area contributed by atoms with Gasteiger partial charge in [0, 0.05) is 32.1 Å². The minimum atomic E-state index is -0.297. The van der Waals surface area contributed by atoms with Gasteiger partial charge in [-0.25, -0.2) is 0 Å². The van der Waals surface area contributed by atoms with Crippen molar-refractivity contribution < 1.29 is 19.4 Å². The van der Waals surface area contributed by atoms with E-state index in [1.54, 1.807) is 12.4 Å². The fourth-order valence-electron chi connectivity index (χ4n) is 4.33. The fourth-order valence-corrected chi connectivity index (χ4v) is 4.33. The predicted octanol–water partition coefficient (Wildman–Crippen LogP) is 3.10. The number of imide groups is 1. The van der Waals surface area contributed by atoms with Crippen LogP contribution in [0.25, 0.3) is 5.57 Å². The highest BCUT2D eigenvalue weighted by molar-refractivity contribution is 6.35. The maximum Gasteiger partial charge on any atom is 0.278 e. The summed E-state index contributed by atoms with van der Waals surface area (Å²) in [6.07, 6.45) is 5.10. The molecule has 2 amide bonds. The average Bonchev–Trinajstić information content (AvgIpc) is 3.08. The van der Waals surface area contributed by atoms with Crippen molar-refractivity contribution >= 4 is 17.4 Å². The van der Waals surface area contributed by atoms with Crippen LogP contribution in [-0.2, 0) is 16.1 Å². The molecule has 1 unspecified atom stereocenters. The van der Waals surface area contributed by atoms with Gasteiger partial charge in [-0.05, 0) is 60.1 Å². The second kappa shape index (κ2) is 10.2. The van der Waals surface area contributed by atoms with Crippen LogP contribution in [0, 0.1) is 11.8 Å². The first kappa shape index (κ1) is 23.0. The predicted molar refractivity (Wildman–Crippen MR) is 125 cm³/mol. The van der Waals surface area contributed by atoms with Crippen LogP contribution in [0.5, 0.6) is 5.75 Å². The second-order valence-corrected chi connectivity index (χ2v) is 9.14. The summed E-state index contributed by atoms with van der Waals surface area (Å²) in [5.74, 6) is 0.655. The molecule has 1 aromatic heterocycles. The molecule has 0 radical (unpaired) electrons. The largest absolute Gasteiger partial charge is 0.493 e. The van der Waals surface area contributed by atoms with Crippen molar-refractivity contribution in [1.29, 1.82) is 0 Å². The fraction of sp³-hybridized carbons (Fsp3) is 0.423. The maximum absolute atomic E-state index is 13.5. The van der Waals surface area contributed by atoms with Crippen LogP contribution < -0.4 is 4.74 Å². The minimum absolute atomic E-state index is 0.0733. The Morgan fingerprint density at radius 2 is 1.82 bits per heavy atom. The van der Waals surface area contributed by atoms with E-state index in [0.717, 1.165) is 24.2 Å². The van der Waals surface area contributed by atoms with Gasteiger partial charge in [-0.15, -0.1) is 0 Å². The molecule has 2 aliphatic rings. The molecular weight excluding hydrogens is 418 g/mol. The summed E-state index contributed by atoms with van der Waals surface area (Å²) in [5.41, 5.74) is 2.39. The lowest BCUT2D eigenvalue weighted by molar-refractivity contribution is -0.138. The lowest BCUT2D eigenvalue weighted by Crippen LogP contribution is -2.40. The van der Waals surface area contributed by atoms with Gasteiger partial charge in [0.1, 0.15) is 11.4 Å². The normalized spacial score (nSPS) is 19.1. The Balaban J connectivity index is 1.67. The zero-order chi connectivity index (χ0) is 23.4. The van der Waals surface area contributed by atoms with Gasteiger partial charge in [0.2, 0.25) is 0 Å². The molecule has 7 heteroatoms. The number of aliphatic hydroxyl groups excluding tert-OH is 1. The third kappa shape index (κ3) is 5.09. The van der Waals surface area contributed by atoms with Crippen molar-refractivity contribution in [1.82, 2.24) is 14.8 Å². The summed E-state index contributed by atoms with van der Waals surface area (Å²) < 4.78 is 5.78. The molecule has 1 fully saturated rings. The molecule has 0 aliphatic carbocycles. The summed E-state index contributed by atoms with van der Waals surface area (Å²) in [6, 6.07) is 11.0. The summed E-state index contributed by atoms with van der Waals surface area (Å²) >= 11 is 0. The van der Waals surface area contributed by atoms with Gasteiger partial charge < -0.3 is 14.7 Å². The van der Waals surface area contributed by atoms with Gasteiger partial charge in [0.25, 0.3) is 11.8 Å². The molecule has 4 rings (SSSR count). The van der Waals surface area contributed by atoms with Crippen LogP contribution in [0.4, 0.5) is 0 Å². The SMILES string of the molecule is CC(C)COc1ccc(C2=C(N3CCCC(CO)C3)C(=O)N(Cc3ccncc3)C2=O)cc1. The van der Waals surface area contributed by atoms with Gasteiger partial charge in [-0.2, -0.15) is 0 Å². The number of piperidine rings is 1. The highest BCUT2D eigenvalue weighted by Gasteiger charge is 2.42. The number of ether oxygens (including phenoxy) is 1. The van der Waals surface area contributed by atoms with E-state index in [1.165, 1.54) is 4.90 Å². The Morgan fingerprint density at radius 1 is 1.09 bits per heavy atom. The molecule has 7 nitrogen and oxygen atoms in total. The number of hydrogen-bond acceptors (Lipinski definition) is 6. The molecule has 0 bridgehead atoms. The molecule has 3 heterocycles. The third-order valence-corrected chi connectivity index (χ3v) is 6.05. The lowest BCUT2D eigenvalue weighted by atomic mass is 9.97. The number of nitrogens with zero attached hydrogens (tertiary/aromatic N) is 3. The van der Waals surface area contributed by atoms with Crippen LogP contribution in [0.2, 0.25) is 0 Å². The van der Waals surface area contributed by atoms with Crippen molar-refractivity contribution in [2.75, 3.05) is 26.3 Å². The molecule has 2 aromatic rings. The lowest BCUT2D eigenvalue weighted by Gasteiger charge is -2.34.